The lowest BCUT2D eigenvalue weighted by Crippen LogP contribution is -2.38. The third-order valence-electron chi connectivity index (χ3n) is 6.42. The number of nitrogens with zero attached hydrogens (tertiary/aromatic N) is 6. The molecule has 2 aromatic heterocycles. The van der Waals surface area contributed by atoms with Gasteiger partial charge in [-0.15, -0.1) is 5.10 Å². The Morgan fingerprint density at radius 1 is 1.16 bits per heavy atom. The number of benzene rings is 1. The Morgan fingerprint density at radius 2 is 1.97 bits per heavy atom. The number of rotatable bonds is 11. The van der Waals surface area contributed by atoms with Crippen molar-refractivity contribution >= 4 is 16.9 Å². The molecule has 0 radical (unpaired) electrons. The van der Waals surface area contributed by atoms with Crippen molar-refractivity contribution in [3.05, 3.63) is 39.9 Å². The molecule has 2 aliphatic rings. The highest BCUT2D eigenvalue weighted by Crippen LogP contribution is 2.35. The van der Waals surface area contributed by atoms with Gasteiger partial charge in [0.15, 0.2) is 17.3 Å². The van der Waals surface area contributed by atoms with E-state index in [1.54, 1.807) is 13.0 Å². The van der Waals surface area contributed by atoms with Crippen molar-refractivity contribution in [3.8, 4) is 11.5 Å². The molecule has 37 heavy (non-hydrogen) atoms. The number of hydrogen-bond donors (Lipinski definition) is 1. The molecule has 198 valence electrons. The number of tetrazole rings is 1. The Morgan fingerprint density at radius 3 is 2.78 bits per heavy atom. The quantitative estimate of drug-likeness (QED) is 0.360. The summed E-state index contributed by atoms with van der Waals surface area (Å²) in [4.78, 5) is 32.5. The Hall–Kier alpha value is -3.55. The molecule has 4 heterocycles. The van der Waals surface area contributed by atoms with E-state index in [1.165, 1.54) is 4.68 Å². The maximum atomic E-state index is 13.0. The molecule has 13 heteroatoms. The van der Waals surface area contributed by atoms with Crippen LogP contribution < -0.4 is 15.0 Å². The van der Waals surface area contributed by atoms with Gasteiger partial charge in [0.05, 0.1) is 31.9 Å². The van der Waals surface area contributed by atoms with Crippen LogP contribution in [0.5, 0.6) is 11.5 Å². The number of carbonyl (C=O) groups is 1. The molecule has 5 rings (SSSR count). The zero-order valence-corrected chi connectivity index (χ0v) is 20.9. The molecule has 1 saturated heterocycles. The van der Waals surface area contributed by atoms with Gasteiger partial charge in [-0.2, -0.15) is 0 Å². The maximum absolute atomic E-state index is 13.0. The number of carbonyl (C=O) groups excluding carboxylic acids is 1. The molecule has 0 spiro atoms. The Bertz CT molecular complexity index is 1290. The fraction of sp³-hybridized carbons (Fsp3) is 0.542. The van der Waals surface area contributed by atoms with Gasteiger partial charge in [-0.25, -0.2) is 4.68 Å². The lowest BCUT2D eigenvalue weighted by molar-refractivity contribution is -0.144. The van der Waals surface area contributed by atoms with E-state index in [4.69, 9.17) is 18.9 Å². The number of nitrogens with one attached hydrogen (secondary N) is 1. The van der Waals surface area contributed by atoms with Gasteiger partial charge >= 0.3 is 5.97 Å². The fourth-order valence-electron chi connectivity index (χ4n) is 4.54. The van der Waals surface area contributed by atoms with Crippen molar-refractivity contribution in [1.82, 2.24) is 35.0 Å². The first-order valence-corrected chi connectivity index (χ1v) is 12.5. The van der Waals surface area contributed by atoms with Gasteiger partial charge in [0, 0.05) is 43.2 Å². The lowest BCUT2D eigenvalue weighted by Gasteiger charge is -2.28. The summed E-state index contributed by atoms with van der Waals surface area (Å²) >= 11 is 0. The minimum absolute atomic E-state index is 0.0679. The van der Waals surface area contributed by atoms with E-state index in [-0.39, 0.29) is 25.5 Å². The van der Waals surface area contributed by atoms with Crippen LogP contribution in [0.3, 0.4) is 0 Å². The van der Waals surface area contributed by atoms with Gasteiger partial charge in [-0.3, -0.25) is 19.4 Å². The first-order valence-electron chi connectivity index (χ1n) is 12.5. The molecule has 0 bridgehead atoms. The minimum Gasteiger partial charge on any atom is -0.465 e. The normalized spacial score (nSPS) is 15.5. The number of fused-ring (bicyclic) bond motifs is 2. The molecule has 2 aliphatic heterocycles. The van der Waals surface area contributed by atoms with E-state index < -0.39 is 5.97 Å². The molecule has 1 aromatic carbocycles. The summed E-state index contributed by atoms with van der Waals surface area (Å²) in [7, 11) is 0. The third kappa shape index (κ3) is 6.24. The first-order chi connectivity index (χ1) is 18.1. The van der Waals surface area contributed by atoms with Crippen LogP contribution in [0.2, 0.25) is 0 Å². The summed E-state index contributed by atoms with van der Waals surface area (Å²) < 4.78 is 22.9. The number of H-pyrrole nitrogens is 1. The van der Waals surface area contributed by atoms with Crippen LogP contribution in [-0.2, 0) is 33.9 Å². The zero-order valence-electron chi connectivity index (χ0n) is 20.9. The molecule has 0 aliphatic carbocycles. The van der Waals surface area contributed by atoms with Gasteiger partial charge < -0.3 is 23.9 Å². The Balaban J connectivity index is 1.34. The molecule has 3 aromatic rings. The molecular formula is C24H31N7O6. The molecule has 0 unspecified atom stereocenters. The van der Waals surface area contributed by atoms with Gasteiger partial charge in [0.2, 0.25) is 6.79 Å². The molecular weight excluding hydrogens is 482 g/mol. The second kappa shape index (κ2) is 11.7. The van der Waals surface area contributed by atoms with Crippen LogP contribution in [0, 0.1) is 0 Å². The molecule has 13 nitrogen and oxygen atoms in total. The van der Waals surface area contributed by atoms with Crippen LogP contribution in [0.1, 0.15) is 24.7 Å². The molecule has 0 atom stereocenters. The van der Waals surface area contributed by atoms with E-state index in [9.17, 15) is 9.59 Å². The highest BCUT2D eigenvalue weighted by atomic mass is 16.7. The van der Waals surface area contributed by atoms with Crippen molar-refractivity contribution in [2.24, 2.45) is 0 Å². The second-order valence-corrected chi connectivity index (χ2v) is 8.99. The molecule has 0 amide bonds. The number of esters is 1. The summed E-state index contributed by atoms with van der Waals surface area (Å²) in [6.07, 6.45) is 0.892. The second-order valence-electron chi connectivity index (χ2n) is 8.99. The summed E-state index contributed by atoms with van der Waals surface area (Å²) in [6, 6.07) is 5.54. The van der Waals surface area contributed by atoms with E-state index >= 15 is 0 Å². The van der Waals surface area contributed by atoms with Crippen LogP contribution in [0.15, 0.2) is 23.0 Å². The third-order valence-corrected chi connectivity index (χ3v) is 6.42. The van der Waals surface area contributed by atoms with E-state index in [0.717, 1.165) is 44.7 Å². The number of hydrogen-bond acceptors (Lipinski definition) is 11. The average molecular weight is 514 g/mol. The smallest absolute Gasteiger partial charge is 0.327 e. The molecule has 1 N–H and O–H groups in total. The van der Waals surface area contributed by atoms with E-state index in [0.29, 0.717) is 48.0 Å². The Kier molecular flexibility index (Phi) is 7.92. The summed E-state index contributed by atoms with van der Waals surface area (Å²) in [5.41, 5.74) is 1.13. The van der Waals surface area contributed by atoms with Crippen molar-refractivity contribution in [3.63, 3.8) is 0 Å². The van der Waals surface area contributed by atoms with Gasteiger partial charge in [-0.1, -0.05) is 0 Å². The molecule has 0 saturated carbocycles. The molecule has 1 fully saturated rings. The zero-order chi connectivity index (χ0) is 25.6. The topological polar surface area (TPSA) is 137 Å². The van der Waals surface area contributed by atoms with Crippen LogP contribution in [0.25, 0.3) is 10.9 Å². The van der Waals surface area contributed by atoms with Gasteiger partial charge in [0.25, 0.3) is 5.56 Å². The highest BCUT2D eigenvalue weighted by Gasteiger charge is 2.19. The maximum Gasteiger partial charge on any atom is 0.327 e. The minimum atomic E-state index is -0.403. The van der Waals surface area contributed by atoms with Gasteiger partial charge in [-0.05, 0) is 42.4 Å². The predicted molar refractivity (Wildman–Crippen MR) is 131 cm³/mol. The predicted octanol–water partition coefficient (Wildman–Crippen LogP) is 0.531. The van der Waals surface area contributed by atoms with Crippen molar-refractivity contribution < 1.29 is 23.7 Å². The van der Waals surface area contributed by atoms with E-state index in [1.807, 2.05) is 12.1 Å². The van der Waals surface area contributed by atoms with Gasteiger partial charge in [0.1, 0.15) is 6.54 Å². The summed E-state index contributed by atoms with van der Waals surface area (Å²) in [5, 5.41) is 12.7. The Labute approximate surface area is 213 Å². The first kappa shape index (κ1) is 25.1. The summed E-state index contributed by atoms with van der Waals surface area (Å²) in [5.74, 6) is 1.40. The SMILES string of the molecule is CCOC(=O)Cn1nnnc1CN(CCCN1CCOCC1)Cc1cc2cc3c(cc2[nH]c1=O)OCO3. The number of ether oxygens (including phenoxy) is 4. The van der Waals surface area contributed by atoms with Crippen molar-refractivity contribution in [2.75, 3.05) is 52.8 Å². The lowest BCUT2D eigenvalue weighted by atomic mass is 10.1. The average Bonchev–Trinajstić information content (AvgIpc) is 3.52. The monoisotopic (exact) mass is 513 g/mol. The largest absolute Gasteiger partial charge is 0.465 e. The van der Waals surface area contributed by atoms with Crippen molar-refractivity contribution in [1.29, 1.82) is 0 Å². The van der Waals surface area contributed by atoms with Crippen LogP contribution in [0.4, 0.5) is 0 Å². The highest BCUT2D eigenvalue weighted by molar-refractivity contribution is 5.83. The standard InChI is InChI=1S/C24H31N7O6/c1-2-35-23(32)15-31-22(26-27-28-31)14-30(5-3-4-29-6-8-34-9-7-29)13-18-10-17-11-20-21(37-16-36-20)12-19(17)25-24(18)33/h10-12H,2-9,13-16H2,1H3,(H,25,33). The number of aromatic nitrogens is 5. The van der Waals surface area contributed by atoms with Crippen LogP contribution >= 0.6 is 0 Å². The number of pyridine rings is 1. The van der Waals surface area contributed by atoms with Crippen LogP contribution in [-0.4, -0.2) is 93.8 Å². The van der Waals surface area contributed by atoms with Crippen molar-refractivity contribution in [2.45, 2.75) is 33.0 Å². The number of aromatic amines is 1. The fourth-order valence-corrected chi connectivity index (χ4v) is 4.54. The summed E-state index contributed by atoms with van der Waals surface area (Å²) in [6.45, 7) is 7.85. The van der Waals surface area contributed by atoms with E-state index in [2.05, 4.69) is 30.3 Å². The number of morpholine rings is 1.